The third kappa shape index (κ3) is 3.57. The number of β-amino-alcohol motifs (C(OH)–C–C–N with tert-alkyl or cyclic N) is 1. The summed E-state index contributed by atoms with van der Waals surface area (Å²) < 4.78 is 4.84. The number of benzene rings is 1. The summed E-state index contributed by atoms with van der Waals surface area (Å²) in [5.41, 5.74) is 3.24. The fourth-order valence-corrected chi connectivity index (χ4v) is 3.05. The number of ether oxygens (including phenoxy) is 1. The zero-order valence-corrected chi connectivity index (χ0v) is 13.1. The molecule has 0 amide bonds. The second-order valence-corrected chi connectivity index (χ2v) is 5.80. The Balaban J connectivity index is 1.79. The van der Waals surface area contributed by atoms with Crippen molar-refractivity contribution in [3.8, 4) is 11.1 Å². The average molecular weight is 312 g/mol. The van der Waals surface area contributed by atoms with Crippen molar-refractivity contribution in [1.29, 1.82) is 0 Å². The quantitative estimate of drug-likeness (QED) is 0.873. The summed E-state index contributed by atoms with van der Waals surface area (Å²) in [6, 6.07) is 11.7. The summed E-state index contributed by atoms with van der Waals surface area (Å²) in [5, 5.41) is 9.87. The first-order valence-corrected chi connectivity index (χ1v) is 7.66. The van der Waals surface area contributed by atoms with Crippen LogP contribution in [0.2, 0.25) is 0 Å². The van der Waals surface area contributed by atoms with Gasteiger partial charge in [-0.3, -0.25) is 14.7 Å². The number of hydrogen-bond donors (Lipinski definition) is 1. The lowest BCUT2D eigenvalue weighted by Gasteiger charge is -2.22. The van der Waals surface area contributed by atoms with Crippen LogP contribution in [0.5, 0.6) is 0 Å². The molecule has 5 heteroatoms. The maximum atomic E-state index is 11.9. The number of likely N-dealkylation sites (tertiary alicyclic amines) is 1. The van der Waals surface area contributed by atoms with Crippen LogP contribution in [-0.4, -0.2) is 46.8 Å². The Morgan fingerprint density at radius 2 is 2.17 bits per heavy atom. The lowest BCUT2D eigenvalue weighted by atomic mass is 10.0. The highest BCUT2D eigenvalue weighted by Crippen LogP contribution is 2.24. The molecular weight excluding hydrogens is 292 g/mol. The minimum Gasteiger partial charge on any atom is -0.468 e. The van der Waals surface area contributed by atoms with Gasteiger partial charge in [-0.1, -0.05) is 24.3 Å². The smallest absolute Gasteiger partial charge is 0.323 e. The molecule has 120 valence electrons. The van der Waals surface area contributed by atoms with Gasteiger partial charge in [-0.05, 0) is 28.8 Å². The summed E-state index contributed by atoms with van der Waals surface area (Å²) >= 11 is 0. The summed E-state index contributed by atoms with van der Waals surface area (Å²) in [5.74, 6) is -0.287. The first-order valence-electron chi connectivity index (χ1n) is 7.66. The second kappa shape index (κ2) is 6.89. The Kier molecular flexibility index (Phi) is 4.69. The number of esters is 1. The van der Waals surface area contributed by atoms with Crippen molar-refractivity contribution in [2.24, 2.45) is 0 Å². The Morgan fingerprint density at radius 1 is 1.35 bits per heavy atom. The maximum absolute atomic E-state index is 11.9. The van der Waals surface area contributed by atoms with Gasteiger partial charge in [0.1, 0.15) is 6.04 Å². The second-order valence-electron chi connectivity index (χ2n) is 5.80. The molecular formula is C18H20N2O3. The monoisotopic (exact) mass is 312 g/mol. The molecule has 2 atom stereocenters. The molecule has 2 heterocycles. The van der Waals surface area contributed by atoms with Gasteiger partial charge in [0.15, 0.2) is 0 Å². The Labute approximate surface area is 135 Å². The molecule has 1 aliphatic rings. The number of carbonyl (C=O) groups is 1. The molecule has 1 fully saturated rings. The van der Waals surface area contributed by atoms with Crippen molar-refractivity contribution in [3.63, 3.8) is 0 Å². The molecule has 1 N–H and O–H groups in total. The number of nitrogens with zero attached hydrogens (tertiary/aromatic N) is 2. The molecule has 23 heavy (non-hydrogen) atoms. The third-order valence-corrected chi connectivity index (χ3v) is 4.16. The van der Waals surface area contributed by atoms with Crippen LogP contribution >= 0.6 is 0 Å². The summed E-state index contributed by atoms with van der Waals surface area (Å²) in [7, 11) is 1.38. The van der Waals surface area contributed by atoms with Crippen LogP contribution in [0.15, 0.2) is 48.8 Å². The fraction of sp³-hybridized carbons (Fsp3) is 0.333. The Bertz CT molecular complexity index is 675. The molecule has 0 spiro atoms. The number of aromatic nitrogens is 1. The number of methoxy groups -OCH3 is 1. The zero-order valence-electron chi connectivity index (χ0n) is 13.1. The van der Waals surface area contributed by atoms with Gasteiger partial charge >= 0.3 is 5.97 Å². The van der Waals surface area contributed by atoms with Gasteiger partial charge in [-0.15, -0.1) is 0 Å². The SMILES string of the molecule is COC(=O)[C@H]1C[C@@H](O)CN1Cc1cccc(-c2cccnc2)c1. The van der Waals surface area contributed by atoms with E-state index in [1.54, 1.807) is 6.20 Å². The molecule has 0 unspecified atom stereocenters. The van der Waals surface area contributed by atoms with Gasteiger partial charge in [0.2, 0.25) is 0 Å². The Morgan fingerprint density at radius 3 is 2.91 bits per heavy atom. The predicted molar refractivity (Wildman–Crippen MR) is 86.5 cm³/mol. The van der Waals surface area contributed by atoms with Crippen molar-refractivity contribution in [2.75, 3.05) is 13.7 Å². The summed E-state index contributed by atoms with van der Waals surface area (Å²) in [6.07, 6.45) is 3.52. The van der Waals surface area contributed by atoms with Crippen LogP contribution in [0, 0.1) is 0 Å². The van der Waals surface area contributed by atoms with E-state index in [4.69, 9.17) is 4.74 Å². The van der Waals surface area contributed by atoms with E-state index in [1.165, 1.54) is 7.11 Å². The minimum atomic E-state index is -0.486. The minimum absolute atomic E-state index is 0.287. The van der Waals surface area contributed by atoms with Crippen LogP contribution in [-0.2, 0) is 16.1 Å². The molecule has 5 nitrogen and oxygen atoms in total. The highest BCUT2D eigenvalue weighted by atomic mass is 16.5. The number of aliphatic hydroxyl groups is 1. The lowest BCUT2D eigenvalue weighted by molar-refractivity contribution is -0.146. The molecule has 1 saturated heterocycles. The van der Waals surface area contributed by atoms with Crippen LogP contribution in [0.1, 0.15) is 12.0 Å². The molecule has 3 rings (SSSR count). The normalized spacial score (nSPS) is 21.3. The van der Waals surface area contributed by atoms with E-state index in [0.29, 0.717) is 19.5 Å². The third-order valence-electron chi connectivity index (χ3n) is 4.16. The summed E-state index contributed by atoms with van der Waals surface area (Å²) in [4.78, 5) is 18.0. The Hall–Kier alpha value is -2.24. The molecule has 0 bridgehead atoms. The van der Waals surface area contributed by atoms with Gasteiger partial charge in [0.25, 0.3) is 0 Å². The van der Waals surface area contributed by atoms with Gasteiger partial charge < -0.3 is 9.84 Å². The highest BCUT2D eigenvalue weighted by Gasteiger charge is 2.36. The zero-order chi connectivity index (χ0) is 16.2. The largest absolute Gasteiger partial charge is 0.468 e. The average Bonchev–Trinajstić information content (AvgIpc) is 2.95. The van der Waals surface area contributed by atoms with E-state index < -0.39 is 6.10 Å². The molecule has 2 aromatic rings. The van der Waals surface area contributed by atoms with Crippen LogP contribution in [0.4, 0.5) is 0 Å². The predicted octanol–water partition coefficient (Wildman–Crippen LogP) is 1.86. The van der Waals surface area contributed by atoms with Crippen molar-refractivity contribution in [2.45, 2.75) is 25.1 Å². The summed E-state index contributed by atoms with van der Waals surface area (Å²) in [6.45, 7) is 1.09. The van der Waals surface area contributed by atoms with Gasteiger partial charge in [0, 0.05) is 31.9 Å². The van der Waals surface area contributed by atoms with Crippen LogP contribution in [0.25, 0.3) is 11.1 Å². The molecule has 0 radical (unpaired) electrons. The topological polar surface area (TPSA) is 62.7 Å². The number of pyridine rings is 1. The van der Waals surface area contributed by atoms with Crippen molar-refractivity contribution in [3.05, 3.63) is 54.4 Å². The van der Waals surface area contributed by atoms with Gasteiger partial charge in [-0.25, -0.2) is 0 Å². The van der Waals surface area contributed by atoms with Gasteiger partial charge in [-0.2, -0.15) is 0 Å². The van der Waals surface area contributed by atoms with Crippen molar-refractivity contribution in [1.82, 2.24) is 9.88 Å². The standard InChI is InChI=1S/C18H20N2O3/c1-23-18(22)17-9-16(21)12-20(17)11-13-4-2-5-14(8-13)15-6-3-7-19-10-15/h2-8,10,16-17,21H,9,11-12H2,1H3/t16-,17-/m1/s1. The van der Waals surface area contributed by atoms with E-state index in [0.717, 1.165) is 16.7 Å². The van der Waals surface area contributed by atoms with Crippen molar-refractivity contribution >= 4 is 5.97 Å². The van der Waals surface area contributed by atoms with E-state index in [1.807, 2.05) is 41.4 Å². The number of rotatable bonds is 4. The van der Waals surface area contributed by atoms with E-state index >= 15 is 0 Å². The molecule has 1 aromatic carbocycles. The maximum Gasteiger partial charge on any atom is 0.323 e. The van der Waals surface area contributed by atoms with E-state index in [-0.39, 0.29) is 12.0 Å². The fourth-order valence-electron chi connectivity index (χ4n) is 3.05. The molecule has 0 saturated carbocycles. The van der Waals surface area contributed by atoms with E-state index in [9.17, 15) is 9.90 Å². The first-order chi connectivity index (χ1) is 11.2. The molecule has 1 aliphatic heterocycles. The van der Waals surface area contributed by atoms with Gasteiger partial charge in [0.05, 0.1) is 13.2 Å². The molecule has 0 aliphatic carbocycles. The van der Waals surface area contributed by atoms with Crippen LogP contribution in [0.3, 0.4) is 0 Å². The van der Waals surface area contributed by atoms with Crippen LogP contribution < -0.4 is 0 Å². The highest BCUT2D eigenvalue weighted by molar-refractivity contribution is 5.76. The number of hydrogen-bond acceptors (Lipinski definition) is 5. The number of aliphatic hydroxyl groups excluding tert-OH is 1. The van der Waals surface area contributed by atoms with Crippen molar-refractivity contribution < 1.29 is 14.6 Å². The first kappa shape index (κ1) is 15.6. The molecule has 1 aromatic heterocycles. The lowest BCUT2D eigenvalue weighted by Crippen LogP contribution is -2.36. The van der Waals surface area contributed by atoms with E-state index in [2.05, 4.69) is 11.1 Å². The number of carbonyl (C=O) groups excluding carboxylic acids is 1.